The van der Waals surface area contributed by atoms with Gasteiger partial charge in [-0.2, -0.15) is 4.31 Å². The smallest absolute Gasteiger partial charge is 0.225 e. The highest BCUT2D eigenvalue weighted by atomic mass is 32.2. The lowest BCUT2D eigenvalue weighted by Crippen LogP contribution is -2.49. The van der Waals surface area contributed by atoms with Gasteiger partial charge in [-0.3, -0.25) is 4.79 Å². The molecule has 1 aliphatic heterocycles. The SMILES string of the molecule is CCN1CCN(S(=O)(=O)CCNC(=O)Cc2cccs2)CC1. The van der Waals surface area contributed by atoms with Crippen LogP contribution in [0.3, 0.4) is 0 Å². The zero-order valence-electron chi connectivity index (χ0n) is 12.8. The van der Waals surface area contributed by atoms with Crippen molar-refractivity contribution in [2.75, 3.05) is 45.0 Å². The van der Waals surface area contributed by atoms with E-state index in [2.05, 4.69) is 17.1 Å². The monoisotopic (exact) mass is 345 g/mol. The predicted octanol–water partition coefficient (Wildman–Crippen LogP) is 0.374. The summed E-state index contributed by atoms with van der Waals surface area (Å²) in [5, 5.41) is 4.61. The molecule has 2 heterocycles. The summed E-state index contributed by atoms with van der Waals surface area (Å²) < 4.78 is 26.0. The van der Waals surface area contributed by atoms with Crippen LogP contribution in [-0.4, -0.2) is 68.6 Å². The van der Waals surface area contributed by atoms with Crippen molar-refractivity contribution in [1.82, 2.24) is 14.5 Å². The number of hydrogen-bond donors (Lipinski definition) is 1. The molecule has 1 aromatic heterocycles. The van der Waals surface area contributed by atoms with E-state index in [1.165, 1.54) is 15.6 Å². The Kier molecular flexibility index (Phi) is 6.37. The molecular weight excluding hydrogens is 322 g/mol. The fourth-order valence-electron chi connectivity index (χ4n) is 2.41. The first-order valence-electron chi connectivity index (χ1n) is 7.50. The molecule has 0 bridgehead atoms. The van der Waals surface area contributed by atoms with Crippen LogP contribution in [0.2, 0.25) is 0 Å². The van der Waals surface area contributed by atoms with Crippen LogP contribution in [0.25, 0.3) is 0 Å². The zero-order chi connectivity index (χ0) is 16.0. The van der Waals surface area contributed by atoms with Crippen molar-refractivity contribution in [2.24, 2.45) is 0 Å². The van der Waals surface area contributed by atoms with E-state index < -0.39 is 10.0 Å². The number of likely N-dealkylation sites (N-methyl/N-ethyl adjacent to an activating group) is 1. The molecule has 1 saturated heterocycles. The van der Waals surface area contributed by atoms with E-state index in [-0.39, 0.29) is 18.2 Å². The molecule has 1 aromatic rings. The average Bonchev–Trinajstić information content (AvgIpc) is 3.00. The molecule has 22 heavy (non-hydrogen) atoms. The Hall–Kier alpha value is -0.960. The maximum atomic E-state index is 12.2. The average molecular weight is 345 g/mol. The first-order chi connectivity index (χ1) is 10.5. The number of piperazine rings is 1. The van der Waals surface area contributed by atoms with Gasteiger partial charge in [0.05, 0.1) is 12.2 Å². The maximum absolute atomic E-state index is 12.2. The topological polar surface area (TPSA) is 69.7 Å². The summed E-state index contributed by atoms with van der Waals surface area (Å²) in [6.45, 7) is 5.83. The first-order valence-corrected chi connectivity index (χ1v) is 9.99. The Morgan fingerprint density at radius 3 is 2.64 bits per heavy atom. The largest absolute Gasteiger partial charge is 0.355 e. The van der Waals surface area contributed by atoms with E-state index >= 15 is 0 Å². The number of rotatable bonds is 7. The molecule has 0 aromatic carbocycles. The Bertz CT molecular complexity index is 564. The maximum Gasteiger partial charge on any atom is 0.225 e. The fraction of sp³-hybridized carbons (Fsp3) is 0.643. The van der Waals surface area contributed by atoms with Gasteiger partial charge in [-0.15, -0.1) is 11.3 Å². The number of sulfonamides is 1. The summed E-state index contributed by atoms with van der Waals surface area (Å²) in [4.78, 5) is 14.9. The van der Waals surface area contributed by atoms with Gasteiger partial charge in [0, 0.05) is 37.6 Å². The van der Waals surface area contributed by atoms with Crippen LogP contribution in [0.1, 0.15) is 11.8 Å². The van der Waals surface area contributed by atoms with Crippen LogP contribution < -0.4 is 5.32 Å². The molecule has 0 saturated carbocycles. The normalized spacial score (nSPS) is 17.5. The summed E-state index contributed by atoms with van der Waals surface area (Å²) >= 11 is 1.52. The molecule has 8 heteroatoms. The molecule has 6 nitrogen and oxygen atoms in total. The van der Waals surface area contributed by atoms with Gasteiger partial charge in [-0.05, 0) is 18.0 Å². The highest BCUT2D eigenvalue weighted by Crippen LogP contribution is 2.09. The van der Waals surface area contributed by atoms with Crippen LogP contribution in [0, 0.1) is 0 Å². The van der Waals surface area contributed by atoms with Crippen LogP contribution in [0.5, 0.6) is 0 Å². The van der Waals surface area contributed by atoms with Crippen molar-refractivity contribution in [3.05, 3.63) is 22.4 Å². The van der Waals surface area contributed by atoms with E-state index in [1.54, 1.807) is 0 Å². The Morgan fingerprint density at radius 2 is 2.05 bits per heavy atom. The second kappa shape index (κ2) is 8.05. The third-order valence-electron chi connectivity index (χ3n) is 3.77. The molecule has 0 radical (unpaired) electrons. The third kappa shape index (κ3) is 5.05. The summed E-state index contributed by atoms with van der Waals surface area (Å²) in [5.41, 5.74) is 0. The van der Waals surface area contributed by atoms with E-state index in [0.29, 0.717) is 19.5 Å². The second-order valence-electron chi connectivity index (χ2n) is 5.26. The zero-order valence-corrected chi connectivity index (χ0v) is 14.5. The lowest BCUT2D eigenvalue weighted by Gasteiger charge is -2.33. The van der Waals surface area contributed by atoms with Gasteiger partial charge < -0.3 is 10.2 Å². The number of thiophene rings is 1. The molecule has 1 N–H and O–H groups in total. The number of nitrogens with one attached hydrogen (secondary N) is 1. The Labute approximate surface area is 136 Å². The van der Waals surface area contributed by atoms with E-state index in [9.17, 15) is 13.2 Å². The van der Waals surface area contributed by atoms with Crippen LogP contribution in [0.15, 0.2) is 17.5 Å². The lowest BCUT2D eigenvalue weighted by molar-refractivity contribution is -0.120. The van der Waals surface area contributed by atoms with Gasteiger partial charge in [0.15, 0.2) is 0 Å². The van der Waals surface area contributed by atoms with E-state index in [4.69, 9.17) is 0 Å². The molecule has 1 amide bonds. The molecule has 0 aliphatic carbocycles. The van der Waals surface area contributed by atoms with Crippen molar-refractivity contribution in [3.63, 3.8) is 0 Å². The van der Waals surface area contributed by atoms with Crippen LogP contribution >= 0.6 is 11.3 Å². The molecule has 0 atom stereocenters. The number of nitrogens with zero attached hydrogens (tertiary/aromatic N) is 2. The molecule has 1 fully saturated rings. The standard InChI is InChI=1S/C14H23N3O3S2/c1-2-16-6-8-17(9-7-16)22(19,20)11-5-15-14(18)12-13-4-3-10-21-13/h3-4,10H,2,5-9,11-12H2,1H3,(H,15,18). The minimum Gasteiger partial charge on any atom is -0.355 e. The van der Waals surface area contributed by atoms with Crippen molar-refractivity contribution in [3.8, 4) is 0 Å². The number of hydrogen-bond acceptors (Lipinski definition) is 5. The first kappa shape index (κ1) is 17.4. The molecule has 0 spiro atoms. The van der Waals surface area contributed by atoms with Crippen molar-refractivity contribution < 1.29 is 13.2 Å². The molecule has 0 unspecified atom stereocenters. The van der Waals surface area contributed by atoms with Crippen molar-refractivity contribution in [2.45, 2.75) is 13.3 Å². The van der Waals surface area contributed by atoms with Crippen molar-refractivity contribution >= 4 is 27.3 Å². The molecule has 1 aliphatic rings. The van der Waals surface area contributed by atoms with Gasteiger partial charge in [0.2, 0.25) is 15.9 Å². The highest BCUT2D eigenvalue weighted by Gasteiger charge is 2.25. The molecule has 2 rings (SSSR count). The van der Waals surface area contributed by atoms with Crippen LogP contribution in [-0.2, 0) is 21.2 Å². The summed E-state index contributed by atoms with van der Waals surface area (Å²) in [7, 11) is -3.28. The summed E-state index contributed by atoms with van der Waals surface area (Å²) in [5.74, 6) is -0.163. The predicted molar refractivity (Wildman–Crippen MR) is 88.5 cm³/mol. The minimum absolute atomic E-state index is 0.0324. The fourth-order valence-corrected chi connectivity index (χ4v) is 4.45. The molecular formula is C14H23N3O3S2. The highest BCUT2D eigenvalue weighted by molar-refractivity contribution is 7.89. The number of carbonyl (C=O) groups is 1. The number of carbonyl (C=O) groups excluding carboxylic acids is 1. The third-order valence-corrected chi connectivity index (χ3v) is 6.52. The lowest BCUT2D eigenvalue weighted by atomic mass is 10.3. The number of amides is 1. The van der Waals surface area contributed by atoms with Gasteiger partial charge >= 0.3 is 0 Å². The van der Waals surface area contributed by atoms with Crippen LogP contribution in [0.4, 0.5) is 0 Å². The summed E-state index contributed by atoms with van der Waals surface area (Å²) in [6.07, 6.45) is 0.312. The van der Waals surface area contributed by atoms with Gasteiger partial charge in [0.25, 0.3) is 0 Å². The van der Waals surface area contributed by atoms with Gasteiger partial charge in [0.1, 0.15) is 0 Å². The Balaban J connectivity index is 1.72. The second-order valence-corrected chi connectivity index (χ2v) is 8.38. The van der Waals surface area contributed by atoms with E-state index in [0.717, 1.165) is 24.5 Å². The quantitative estimate of drug-likeness (QED) is 0.775. The molecule has 124 valence electrons. The van der Waals surface area contributed by atoms with E-state index in [1.807, 2.05) is 17.5 Å². The Morgan fingerprint density at radius 1 is 1.32 bits per heavy atom. The van der Waals surface area contributed by atoms with Gasteiger partial charge in [-0.1, -0.05) is 13.0 Å². The van der Waals surface area contributed by atoms with Crippen molar-refractivity contribution in [1.29, 1.82) is 0 Å². The van der Waals surface area contributed by atoms with Gasteiger partial charge in [-0.25, -0.2) is 8.42 Å². The summed E-state index contributed by atoms with van der Waals surface area (Å²) in [6, 6.07) is 3.79. The minimum atomic E-state index is -3.28.